The molecule has 0 aliphatic carbocycles. The highest BCUT2D eigenvalue weighted by Gasteiger charge is 2.34. The van der Waals surface area contributed by atoms with Gasteiger partial charge in [-0.2, -0.15) is 0 Å². The van der Waals surface area contributed by atoms with E-state index in [1.54, 1.807) is 4.90 Å². The zero-order valence-corrected chi connectivity index (χ0v) is 15.7. The first-order valence-electron chi connectivity index (χ1n) is 9.67. The molecule has 2 aromatic rings. The molecule has 1 saturated heterocycles. The monoisotopic (exact) mass is 380 g/mol. The van der Waals surface area contributed by atoms with E-state index < -0.39 is 0 Å². The Hall–Kier alpha value is -3.02. The molecule has 4 rings (SSSR count). The first-order valence-corrected chi connectivity index (χ1v) is 9.67. The van der Waals surface area contributed by atoms with Crippen LogP contribution in [-0.4, -0.2) is 36.6 Å². The average Bonchev–Trinajstić information content (AvgIpc) is 3.32. The van der Waals surface area contributed by atoms with E-state index >= 15 is 0 Å². The number of rotatable bonds is 7. The van der Waals surface area contributed by atoms with Gasteiger partial charge in [0.05, 0.1) is 5.92 Å². The van der Waals surface area contributed by atoms with Crippen LogP contribution in [0.25, 0.3) is 0 Å². The zero-order chi connectivity index (χ0) is 19.3. The molecule has 1 unspecified atom stereocenters. The highest BCUT2D eigenvalue weighted by molar-refractivity contribution is 5.89. The minimum Gasteiger partial charge on any atom is -0.454 e. The maximum absolute atomic E-state index is 12.4. The van der Waals surface area contributed by atoms with Crippen molar-refractivity contribution in [1.82, 2.24) is 10.2 Å². The lowest BCUT2D eigenvalue weighted by atomic mass is 10.1. The highest BCUT2D eigenvalue weighted by Crippen LogP contribution is 2.33. The molecule has 0 saturated carbocycles. The van der Waals surface area contributed by atoms with Crippen molar-refractivity contribution in [2.45, 2.75) is 25.8 Å². The van der Waals surface area contributed by atoms with Crippen LogP contribution in [0, 0.1) is 5.92 Å². The molecule has 2 amide bonds. The maximum Gasteiger partial charge on any atom is 0.231 e. The molecule has 6 nitrogen and oxygen atoms in total. The summed E-state index contributed by atoms with van der Waals surface area (Å²) in [5, 5.41) is 2.98. The molecule has 146 valence electrons. The van der Waals surface area contributed by atoms with Crippen molar-refractivity contribution in [3.63, 3.8) is 0 Å². The number of hydrogen-bond acceptors (Lipinski definition) is 4. The summed E-state index contributed by atoms with van der Waals surface area (Å²) < 4.78 is 10.7. The van der Waals surface area contributed by atoms with Crippen molar-refractivity contribution in [2.75, 3.05) is 19.9 Å². The van der Waals surface area contributed by atoms with E-state index in [0.29, 0.717) is 25.4 Å². The molecule has 1 fully saturated rings. The molecular weight excluding hydrogens is 356 g/mol. The maximum atomic E-state index is 12.4. The van der Waals surface area contributed by atoms with E-state index in [1.165, 1.54) is 5.56 Å². The summed E-state index contributed by atoms with van der Waals surface area (Å²) in [5.74, 6) is 1.14. The van der Waals surface area contributed by atoms with Gasteiger partial charge in [0.15, 0.2) is 11.5 Å². The lowest BCUT2D eigenvalue weighted by Crippen LogP contribution is -2.33. The fourth-order valence-electron chi connectivity index (χ4n) is 3.65. The third kappa shape index (κ3) is 4.27. The Morgan fingerprint density at radius 2 is 1.89 bits per heavy atom. The van der Waals surface area contributed by atoms with Gasteiger partial charge < -0.3 is 19.7 Å². The largest absolute Gasteiger partial charge is 0.454 e. The molecule has 0 spiro atoms. The molecule has 0 bridgehead atoms. The second-order valence-corrected chi connectivity index (χ2v) is 7.24. The predicted octanol–water partition coefficient (Wildman–Crippen LogP) is 2.51. The zero-order valence-electron chi connectivity index (χ0n) is 15.7. The number of likely N-dealkylation sites (tertiary alicyclic amines) is 1. The van der Waals surface area contributed by atoms with Crippen molar-refractivity contribution >= 4 is 11.8 Å². The first kappa shape index (κ1) is 18.3. The molecule has 2 aromatic carbocycles. The molecule has 1 N–H and O–H groups in total. The van der Waals surface area contributed by atoms with Gasteiger partial charge in [0.25, 0.3) is 0 Å². The van der Waals surface area contributed by atoms with Gasteiger partial charge >= 0.3 is 0 Å². The number of hydrogen-bond donors (Lipinski definition) is 1. The van der Waals surface area contributed by atoms with Crippen LogP contribution < -0.4 is 14.8 Å². The third-order valence-electron chi connectivity index (χ3n) is 5.18. The summed E-state index contributed by atoms with van der Waals surface area (Å²) in [6.07, 6.45) is 2.09. The molecule has 2 heterocycles. The van der Waals surface area contributed by atoms with Gasteiger partial charge in [-0.1, -0.05) is 36.4 Å². The second kappa shape index (κ2) is 8.33. The van der Waals surface area contributed by atoms with Crippen LogP contribution in [0.2, 0.25) is 0 Å². The van der Waals surface area contributed by atoms with Crippen LogP contribution in [-0.2, 0) is 22.6 Å². The van der Waals surface area contributed by atoms with Gasteiger partial charge in [-0.05, 0) is 36.1 Å². The lowest BCUT2D eigenvalue weighted by Gasteiger charge is -2.17. The number of carbonyl (C=O) groups excluding carboxylic acids is 2. The summed E-state index contributed by atoms with van der Waals surface area (Å²) in [5.41, 5.74) is 2.24. The highest BCUT2D eigenvalue weighted by atomic mass is 16.7. The number of nitrogens with zero attached hydrogens (tertiary/aromatic N) is 1. The molecule has 2 aliphatic heterocycles. The Labute approximate surface area is 164 Å². The van der Waals surface area contributed by atoms with E-state index in [4.69, 9.17) is 9.47 Å². The topological polar surface area (TPSA) is 67.9 Å². The quantitative estimate of drug-likeness (QED) is 0.750. The van der Waals surface area contributed by atoms with Crippen molar-refractivity contribution in [3.05, 3.63) is 59.7 Å². The Balaban J connectivity index is 1.24. The van der Waals surface area contributed by atoms with Crippen molar-refractivity contribution in [3.8, 4) is 11.5 Å². The number of amides is 2. The molecular formula is C22H24N2O4. The average molecular weight is 380 g/mol. The second-order valence-electron chi connectivity index (χ2n) is 7.24. The summed E-state index contributed by atoms with van der Waals surface area (Å²) in [7, 11) is 0. The number of aryl methyl sites for hydroxylation is 1. The Bertz CT molecular complexity index is 853. The summed E-state index contributed by atoms with van der Waals surface area (Å²) in [6, 6.07) is 15.9. The number of nitrogens with one attached hydrogen (secondary N) is 1. The van der Waals surface area contributed by atoms with Crippen LogP contribution in [0.5, 0.6) is 11.5 Å². The molecule has 6 heteroatoms. The van der Waals surface area contributed by atoms with Crippen molar-refractivity contribution in [2.24, 2.45) is 5.92 Å². The van der Waals surface area contributed by atoms with Crippen molar-refractivity contribution < 1.29 is 19.1 Å². The summed E-state index contributed by atoms with van der Waals surface area (Å²) >= 11 is 0. The molecule has 2 aliphatic rings. The van der Waals surface area contributed by atoms with Gasteiger partial charge in [0.1, 0.15) is 0 Å². The summed E-state index contributed by atoms with van der Waals surface area (Å²) in [4.78, 5) is 26.5. The standard InChI is InChI=1S/C22H24N2O4/c25-21-12-18(22(26)23-10-4-7-16-5-2-1-3-6-16)14-24(21)13-17-8-9-19-20(11-17)28-15-27-19/h1-3,5-6,8-9,11,18H,4,7,10,12-15H2,(H,23,26). The molecule has 0 radical (unpaired) electrons. The first-order chi connectivity index (χ1) is 13.7. The van der Waals surface area contributed by atoms with Gasteiger partial charge in [-0.25, -0.2) is 0 Å². The lowest BCUT2D eigenvalue weighted by molar-refractivity contribution is -0.129. The van der Waals surface area contributed by atoms with Gasteiger partial charge in [0.2, 0.25) is 18.6 Å². The molecule has 0 aromatic heterocycles. The molecule has 28 heavy (non-hydrogen) atoms. The smallest absolute Gasteiger partial charge is 0.231 e. The van der Waals surface area contributed by atoms with Gasteiger partial charge in [0, 0.05) is 26.1 Å². The fourth-order valence-corrected chi connectivity index (χ4v) is 3.65. The van der Waals surface area contributed by atoms with Crippen LogP contribution in [0.3, 0.4) is 0 Å². The van der Waals surface area contributed by atoms with E-state index in [-0.39, 0.29) is 30.9 Å². The number of ether oxygens (including phenoxy) is 2. The van der Waals surface area contributed by atoms with Crippen LogP contribution in [0.4, 0.5) is 0 Å². The van der Waals surface area contributed by atoms with Crippen molar-refractivity contribution in [1.29, 1.82) is 0 Å². The van der Waals surface area contributed by atoms with Gasteiger partial charge in [-0.3, -0.25) is 9.59 Å². The Kier molecular flexibility index (Phi) is 5.46. The minimum atomic E-state index is -0.279. The number of benzene rings is 2. The normalized spacial score (nSPS) is 17.8. The number of fused-ring (bicyclic) bond motifs is 1. The van der Waals surface area contributed by atoms with E-state index in [9.17, 15) is 9.59 Å². The third-order valence-corrected chi connectivity index (χ3v) is 5.18. The van der Waals surface area contributed by atoms with E-state index in [2.05, 4.69) is 17.4 Å². The van der Waals surface area contributed by atoms with Crippen LogP contribution >= 0.6 is 0 Å². The predicted molar refractivity (Wildman–Crippen MR) is 104 cm³/mol. The number of carbonyl (C=O) groups is 2. The van der Waals surface area contributed by atoms with Crippen LogP contribution in [0.1, 0.15) is 24.0 Å². The van der Waals surface area contributed by atoms with Crippen LogP contribution in [0.15, 0.2) is 48.5 Å². The summed E-state index contributed by atoms with van der Waals surface area (Å²) in [6.45, 7) is 1.79. The SMILES string of the molecule is O=C(NCCCc1ccccc1)C1CC(=O)N(Cc2ccc3c(c2)OCO3)C1. The van der Waals surface area contributed by atoms with E-state index in [1.807, 2.05) is 36.4 Å². The Morgan fingerprint density at radius 3 is 2.75 bits per heavy atom. The minimum absolute atomic E-state index is 0.0158. The van der Waals surface area contributed by atoms with Gasteiger partial charge in [-0.15, -0.1) is 0 Å². The van der Waals surface area contributed by atoms with E-state index in [0.717, 1.165) is 24.2 Å². The Morgan fingerprint density at radius 1 is 1.07 bits per heavy atom. The molecule has 1 atom stereocenters. The fraction of sp³-hybridized carbons (Fsp3) is 0.364.